The summed E-state index contributed by atoms with van der Waals surface area (Å²) in [5.74, 6) is 0. The third-order valence-corrected chi connectivity index (χ3v) is 0. The molecular weight excluding hydrogens is 1090 g/mol. The summed E-state index contributed by atoms with van der Waals surface area (Å²) in [7, 11) is 0. The Bertz CT molecular complexity index is 298. The first-order valence-corrected chi connectivity index (χ1v) is 17.9. The van der Waals surface area contributed by atoms with Crippen molar-refractivity contribution >= 4 is 86.6 Å². The third-order valence-electron chi connectivity index (χ3n) is 0. The first-order chi connectivity index (χ1) is 6.93. The van der Waals surface area contributed by atoms with Crippen LogP contribution in [0.3, 0.4) is 0 Å². The molecule has 0 aliphatic rings. The normalized spacial score (nSPS) is 5.56. The van der Waals surface area contributed by atoms with Crippen LogP contribution in [-0.2, 0) is 101 Å². The molecule has 0 fully saturated rings. The van der Waals surface area contributed by atoms with Gasteiger partial charge in [0, 0.05) is 0 Å². The molecule has 0 saturated carbocycles. The van der Waals surface area contributed by atoms with Crippen LogP contribution in [0.1, 0.15) is 0 Å². The van der Waals surface area contributed by atoms with E-state index in [1.165, 1.54) is 0 Å². The SMILES string of the molecule is [Ba+2].[Ca+2].[O]=[Ta](=[O])[O-].[O]=[Ta](=[O])[O-].[O]=[Ta](=[O])[O-].[O]=[Ta](=[O])[O-]. The molecule has 0 unspecified atom stereocenters. The molecule has 0 radical (unpaired) electrons. The average Bonchev–Trinajstić information content (AvgIpc) is 1.76. The average molecular weight is 1090 g/mol. The standard InChI is InChI=1S/Ba.Ca.12O.4Ta/q2*+2;;;;;;;;;4*-1;;;;. The molecule has 0 aliphatic carbocycles. The monoisotopic (exact) mass is 1090 g/mol. The van der Waals surface area contributed by atoms with Crippen LogP contribution < -0.4 is 14.5 Å². The van der Waals surface area contributed by atoms with Gasteiger partial charge in [-0.1, -0.05) is 0 Å². The Balaban J connectivity index is -0.0000000257. The van der Waals surface area contributed by atoms with Crippen LogP contribution in [0, 0.1) is 0 Å². The zero-order valence-electron chi connectivity index (χ0n) is 8.10. The Labute approximate surface area is 197 Å². The summed E-state index contributed by atoms with van der Waals surface area (Å²) >= 11 is -17.4. The van der Waals surface area contributed by atoms with Gasteiger partial charge in [0.1, 0.15) is 0 Å². The third kappa shape index (κ3) is 446. The van der Waals surface area contributed by atoms with Crippen molar-refractivity contribution < 1.29 is 116 Å². The van der Waals surface area contributed by atoms with Crippen molar-refractivity contribution in [3.63, 3.8) is 0 Å². The summed E-state index contributed by atoms with van der Waals surface area (Å²) in [6, 6.07) is 0. The van der Waals surface area contributed by atoms with Crippen LogP contribution >= 0.6 is 0 Å². The van der Waals surface area contributed by atoms with Gasteiger partial charge in [0.05, 0.1) is 0 Å². The molecule has 18 heteroatoms. The van der Waals surface area contributed by atoms with Gasteiger partial charge >= 0.3 is 202 Å². The molecule has 0 aromatic carbocycles. The fourth-order valence-electron chi connectivity index (χ4n) is 0. The summed E-state index contributed by atoms with van der Waals surface area (Å²) in [6.07, 6.45) is 0. The second kappa shape index (κ2) is 32.8. The molecule has 0 aliphatic heterocycles. The maximum absolute atomic E-state index is 8.62. The first-order valence-electron chi connectivity index (χ1n) is 2.19. The molecule has 12 nitrogen and oxygen atoms in total. The fourth-order valence-corrected chi connectivity index (χ4v) is 0. The number of hydrogen-bond donors (Lipinski definition) is 0. The van der Waals surface area contributed by atoms with Gasteiger partial charge in [-0.25, -0.2) is 0 Å². The van der Waals surface area contributed by atoms with Gasteiger partial charge in [-0.05, 0) is 0 Å². The maximum atomic E-state index is 8.62. The molecule has 0 aromatic rings. The van der Waals surface area contributed by atoms with E-state index in [2.05, 4.69) is 0 Å². The van der Waals surface area contributed by atoms with Gasteiger partial charge in [-0.15, -0.1) is 0 Å². The molecule has 0 amide bonds. The second-order valence-corrected chi connectivity index (χ2v) is 7.32. The van der Waals surface area contributed by atoms with E-state index in [9.17, 15) is 0 Å². The van der Waals surface area contributed by atoms with Gasteiger partial charge in [-0.2, -0.15) is 0 Å². The quantitative estimate of drug-likeness (QED) is 0.207. The zero-order chi connectivity index (χ0) is 14.3. The minimum absolute atomic E-state index is 0. The molecule has 0 heterocycles. The molecule has 0 bridgehead atoms. The predicted octanol–water partition coefficient (Wildman–Crippen LogP) is -6.48. The van der Waals surface area contributed by atoms with Crippen LogP contribution in [0.2, 0.25) is 0 Å². The van der Waals surface area contributed by atoms with E-state index in [0.29, 0.717) is 0 Å². The van der Waals surface area contributed by atoms with E-state index in [-0.39, 0.29) is 86.6 Å². The Kier molecular flexibility index (Phi) is 69.2. The van der Waals surface area contributed by atoms with Crippen LogP contribution in [0.15, 0.2) is 0 Å². The van der Waals surface area contributed by atoms with Crippen molar-refractivity contribution in [1.29, 1.82) is 0 Å². The van der Waals surface area contributed by atoms with Gasteiger partial charge in [0.15, 0.2) is 0 Å². The molecule has 0 aromatic heterocycles. The topological polar surface area (TPSA) is 229 Å². The van der Waals surface area contributed by atoms with E-state index in [0.717, 1.165) is 0 Å². The van der Waals surface area contributed by atoms with Crippen LogP contribution in [0.25, 0.3) is 0 Å². The van der Waals surface area contributed by atoms with Crippen molar-refractivity contribution in [1.82, 2.24) is 0 Å². The molecule has 0 N–H and O–H groups in total. The van der Waals surface area contributed by atoms with Crippen molar-refractivity contribution in [2.45, 2.75) is 0 Å². The van der Waals surface area contributed by atoms with E-state index < -0.39 is 75.1 Å². The number of hydrogen-bond acceptors (Lipinski definition) is 12. The van der Waals surface area contributed by atoms with Crippen molar-refractivity contribution in [2.24, 2.45) is 0 Å². The molecule has 0 saturated heterocycles. The molecule has 18 heavy (non-hydrogen) atoms. The first kappa shape index (κ1) is 37.9. The minimum atomic E-state index is -4.34. The second-order valence-electron chi connectivity index (χ2n) is 0.894. The number of rotatable bonds is 0. The van der Waals surface area contributed by atoms with E-state index in [1.54, 1.807) is 0 Å². The van der Waals surface area contributed by atoms with E-state index in [1.807, 2.05) is 0 Å². The molecule has 96 valence electrons. The summed E-state index contributed by atoms with van der Waals surface area (Å²) < 4.78 is 103. The Morgan fingerprint density at radius 1 is 0.444 bits per heavy atom. The van der Waals surface area contributed by atoms with Crippen LogP contribution in [0.5, 0.6) is 0 Å². The van der Waals surface area contributed by atoms with Crippen LogP contribution in [-0.4, -0.2) is 86.6 Å². The van der Waals surface area contributed by atoms with Gasteiger partial charge in [0.2, 0.25) is 0 Å². The summed E-state index contributed by atoms with van der Waals surface area (Å²) in [5.41, 5.74) is 0. The fraction of sp³-hybridized carbons (Fsp3) is 0. The predicted molar refractivity (Wildman–Crippen MR) is 17.0 cm³/mol. The van der Waals surface area contributed by atoms with Crippen molar-refractivity contribution in [3.8, 4) is 0 Å². The van der Waals surface area contributed by atoms with Crippen molar-refractivity contribution in [2.75, 3.05) is 0 Å². The Morgan fingerprint density at radius 2 is 0.444 bits per heavy atom. The Hall–Kier alpha value is 4.03. The van der Waals surface area contributed by atoms with Crippen LogP contribution in [0.4, 0.5) is 0 Å². The van der Waals surface area contributed by atoms with Gasteiger partial charge < -0.3 is 0 Å². The van der Waals surface area contributed by atoms with E-state index >= 15 is 0 Å². The molecule has 0 atom stereocenters. The van der Waals surface area contributed by atoms with Gasteiger partial charge in [0.25, 0.3) is 0 Å². The van der Waals surface area contributed by atoms with Crippen molar-refractivity contribution in [3.05, 3.63) is 0 Å². The molecular formula is BaCaO12Ta4. The van der Waals surface area contributed by atoms with E-state index in [4.69, 9.17) is 40.5 Å². The summed E-state index contributed by atoms with van der Waals surface area (Å²) in [6.45, 7) is 0. The molecule has 0 rings (SSSR count). The summed E-state index contributed by atoms with van der Waals surface area (Å²) in [5, 5.41) is 0. The Morgan fingerprint density at radius 3 is 0.444 bits per heavy atom. The zero-order valence-corrected chi connectivity index (χ0v) is 27.6. The summed E-state index contributed by atoms with van der Waals surface area (Å²) in [4.78, 5) is 0. The molecule has 0 spiro atoms. The van der Waals surface area contributed by atoms with Gasteiger partial charge in [-0.3, -0.25) is 0 Å².